The number of anilines is 1. The molecule has 110 valence electrons. The first-order chi connectivity index (χ1) is 9.99. The van der Waals surface area contributed by atoms with Gasteiger partial charge in [0.1, 0.15) is 4.88 Å². The minimum atomic E-state index is -0.311. The van der Waals surface area contributed by atoms with Crippen LogP contribution in [-0.2, 0) is 9.53 Å². The van der Waals surface area contributed by atoms with Crippen LogP contribution in [0.4, 0.5) is 5.69 Å². The molecule has 0 unspecified atom stereocenters. The van der Waals surface area contributed by atoms with Crippen LogP contribution < -0.4 is 5.32 Å². The number of thiophene rings is 1. The molecule has 4 nitrogen and oxygen atoms in total. The molecule has 0 saturated carbocycles. The maximum Gasteiger partial charge on any atom is 0.348 e. The number of esters is 1. The van der Waals surface area contributed by atoms with Gasteiger partial charge in [-0.3, -0.25) is 4.79 Å². The fourth-order valence-electron chi connectivity index (χ4n) is 1.86. The second kappa shape index (κ2) is 6.54. The molecule has 1 heterocycles. The highest BCUT2D eigenvalue weighted by molar-refractivity contribution is 7.20. The van der Waals surface area contributed by atoms with Crippen molar-refractivity contribution >= 4 is 39.0 Å². The lowest BCUT2D eigenvalue weighted by atomic mass is 10.2. The van der Waals surface area contributed by atoms with E-state index in [9.17, 15) is 9.59 Å². The Kier molecular flexibility index (Phi) is 4.75. The van der Waals surface area contributed by atoms with E-state index in [-0.39, 0.29) is 11.9 Å². The van der Waals surface area contributed by atoms with Gasteiger partial charge in [-0.2, -0.15) is 0 Å². The first-order valence-corrected chi connectivity index (χ1v) is 7.48. The SMILES string of the molecule is CCOC(=O)c1cc2cc(NC(=O)C=C(C)C)ccc2s1. The summed E-state index contributed by atoms with van der Waals surface area (Å²) in [5, 5.41) is 3.72. The molecule has 0 saturated heterocycles. The van der Waals surface area contributed by atoms with E-state index in [1.807, 2.05) is 32.0 Å². The average Bonchev–Trinajstić information content (AvgIpc) is 2.81. The molecule has 1 aromatic heterocycles. The van der Waals surface area contributed by atoms with E-state index in [2.05, 4.69) is 5.32 Å². The minimum absolute atomic E-state index is 0.157. The van der Waals surface area contributed by atoms with Crippen LogP contribution in [0.5, 0.6) is 0 Å². The first-order valence-electron chi connectivity index (χ1n) is 6.66. The van der Waals surface area contributed by atoms with E-state index in [1.54, 1.807) is 19.1 Å². The quantitative estimate of drug-likeness (QED) is 0.686. The smallest absolute Gasteiger partial charge is 0.348 e. The Morgan fingerprint density at radius 3 is 2.71 bits per heavy atom. The van der Waals surface area contributed by atoms with Gasteiger partial charge in [-0.15, -0.1) is 11.3 Å². The Labute approximate surface area is 127 Å². The van der Waals surface area contributed by atoms with Crippen molar-refractivity contribution in [2.24, 2.45) is 0 Å². The summed E-state index contributed by atoms with van der Waals surface area (Å²) >= 11 is 1.38. The topological polar surface area (TPSA) is 55.4 Å². The normalized spacial score (nSPS) is 10.2. The Morgan fingerprint density at radius 2 is 2.05 bits per heavy atom. The lowest BCUT2D eigenvalue weighted by Gasteiger charge is -2.02. The number of nitrogens with one attached hydrogen (secondary N) is 1. The summed E-state index contributed by atoms with van der Waals surface area (Å²) in [6.07, 6.45) is 1.54. The van der Waals surface area contributed by atoms with Crippen molar-refractivity contribution in [3.8, 4) is 0 Å². The van der Waals surface area contributed by atoms with Crippen molar-refractivity contribution in [2.45, 2.75) is 20.8 Å². The molecule has 0 spiro atoms. The molecule has 2 aromatic rings. The highest BCUT2D eigenvalue weighted by Crippen LogP contribution is 2.28. The monoisotopic (exact) mass is 303 g/mol. The lowest BCUT2D eigenvalue weighted by molar-refractivity contribution is -0.111. The first kappa shape index (κ1) is 15.3. The molecule has 0 aliphatic heterocycles. The van der Waals surface area contributed by atoms with Crippen LogP contribution in [0.3, 0.4) is 0 Å². The number of fused-ring (bicyclic) bond motifs is 1. The summed E-state index contributed by atoms with van der Waals surface area (Å²) in [6, 6.07) is 7.35. The predicted molar refractivity (Wildman–Crippen MR) is 85.8 cm³/mol. The van der Waals surface area contributed by atoms with Gasteiger partial charge in [0, 0.05) is 16.5 Å². The fourth-order valence-corrected chi connectivity index (χ4v) is 2.80. The number of ether oxygens (including phenoxy) is 1. The van der Waals surface area contributed by atoms with E-state index in [1.165, 1.54) is 11.3 Å². The van der Waals surface area contributed by atoms with Crippen molar-refractivity contribution in [1.82, 2.24) is 0 Å². The summed E-state index contributed by atoms with van der Waals surface area (Å²) in [7, 11) is 0. The highest BCUT2D eigenvalue weighted by atomic mass is 32.1. The van der Waals surface area contributed by atoms with Gasteiger partial charge < -0.3 is 10.1 Å². The van der Waals surface area contributed by atoms with Crippen molar-refractivity contribution in [2.75, 3.05) is 11.9 Å². The van der Waals surface area contributed by atoms with Gasteiger partial charge in [0.15, 0.2) is 0 Å². The second-order valence-electron chi connectivity index (χ2n) is 4.79. The number of rotatable bonds is 4. The second-order valence-corrected chi connectivity index (χ2v) is 5.88. The standard InChI is InChI=1S/C16H17NO3S/c1-4-20-16(19)14-9-11-8-12(5-6-13(11)21-14)17-15(18)7-10(2)3/h5-9H,4H2,1-3H3,(H,17,18). The average molecular weight is 303 g/mol. The van der Waals surface area contributed by atoms with Gasteiger partial charge in [0.2, 0.25) is 5.91 Å². The number of carbonyl (C=O) groups is 2. The molecule has 0 fully saturated rings. The van der Waals surface area contributed by atoms with Crippen molar-refractivity contribution in [1.29, 1.82) is 0 Å². The number of carbonyl (C=O) groups excluding carboxylic acids is 2. The van der Waals surface area contributed by atoms with E-state index >= 15 is 0 Å². The molecule has 1 N–H and O–H groups in total. The molecule has 2 rings (SSSR count). The zero-order valence-electron chi connectivity index (χ0n) is 12.2. The number of hydrogen-bond acceptors (Lipinski definition) is 4. The maximum atomic E-state index is 11.7. The summed E-state index contributed by atoms with van der Waals surface area (Å²) in [5.74, 6) is -0.468. The van der Waals surface area contributed by atoms with Crippen LogP contribution in [0, 0.1) is 0 Å². The zero-order valence-corrected chi connectivity index (χ0v) is 13.0. The van der Waals surface area contributed by atoms with Crippen molar-refractivity contribution in [3.63, 3.8) is 0 Å². The highest BCUT2D eigenvalue weighted by Gasteiger charge is 2.11. The third kappa shape index (κ3) is 3.92. The largest absolute Gasteiger partial charge is 0.462 e. The maximum absolute atomic E-state index is 11.7. The van der Waals surface area contributed by atoms with Gasteiger partial charge >= 0.3 is 5.97 Å². The molecule has 0 radical (unpaired) electrons. The molecule has 1 aromatic carbocycles. The molecule has 0 atom stereocenters. The Hall–Kier alpha value is -2.14. The van der Waals surface area contributed by atoms with Crippen LogP contribution in [-0.4, -0.2) is 18.5 Å². The van der Waals surface area contributed by atoms with Crippen LogP contribution in [0.25, 0.3) is 10.1 Å². The van der Waals surface area contributed by atoms with Crippen LogP contribution in [0.1, 0.15) is 30.4 Å². The van der Waals surface area contributed by atoms with Gasteiger partial charge in [0.25, 0.3) is 0 Å². The Balaban J connectivity index is 2.23. The van der Waals surface area contributed by atoms with Gasteiger partial charge in [-0.25, -0.2) is 4.79 Å². The van der Waals surface area contributed by atoms with Gasteiger partial charge in [0.05, 0.1) is 6.61 Å². The summed E-state index contributed by atoms with van der Waals surface area (Å²) in [6.45, 7) is 5.87. The van der Waals surface area contributed by atoms with E-state index in [0.29, 0.717) is 17.2 Å². The minimum Gasteiger partial charge on any atom is -0.462 e. The zero-order chi connectivity index (χ0) is 15.4. The summed E-state index contributed by atoms with van der Waals surface area (Å²) in [5.41, 5.74) is 1.65. The molecule has 21 heavy (non-hydrogen) atoms. The molecule has 0 aliphatic carbocycles. The number of benzene rings is 1. The molecule has 1 amide bonds. The van der Waals surface area contributed by atoms with Gasteiger partial charge in [-0.05, 0) is 50.4 Å². The number of allylic oxidation sites excluding steroid dienone is 1. The van der Waals surface area contributed by atoms with Gasteiger partial charge in [-0.1, -0.05) is 5.57 Å². The van der Waals surface area contributed by atoms with Crippen molar-refractivity contribution in [3.05, 3.63) is 40.8 Å². The summed E-state index contributed by atoms with van der Waals surface area (Å²) in [4.78, 5) is 24.0. The molecular formula is C16H17NO3S. The van der Waals surface area contributed by atoms with E-state index in [4.69, 9.17) is 4.74 Å². The molecule has 0 bridgehead atoms. The van der Waals surface area contributed by atoms with Crippen LogP contribution in [0.15, 0.2) is 35.9 Å². The summed E-state index contributed by atoms with van der Waals surface area (Å²) < 4.78 is 5.97. The van der Waals surface area contributed by atoms with E-state index < -0.39 is 0 Å². The van der Waals surface area contributed by atoms with Crippen LogP contribution in [0.2, 0.25) is 0 Å². The van der Waals surface area contributed by atoms with Crippen molar-refractivity contribution < 1.29 is 14.3 Å². The van der Waals surface area contributed by atoms with E-state index in [0.717, 1.165) is 15.7 Å². The number of hydrogen-bond donors (Lipinski definition) is 1. The number of amides is 1. The Bertz CT molecular complexity index is 711. The molecular weight excluding hydrogens is 286 g/mol. The predicted octanol–water partition coefficient (Wildman–Crippen LogP) is 3.98. The third-order valence-corrected chi connectivity index (χ3v) is 3.78. The lowest BCUT2D eigenvalue weighted by Crippen LogP contribution is -2.08. The third-order valence-electron chi connectivity index (χ3n) is 2.68. The molecule has 5 heteroatoms. The van der Waals surface area contributed by atoms with Crippen LogP contribution >= 0.6 is 11.3 Å². The fraction of sp³-hybridized carbons (Fsp3) is 0.250. The Morgan fingerprint density at radius 1 is 1.29 bits per heavy atom. The molecule has 0 aliphatic rings.